The molecule has 0 aromatic carbocycles. The third kappa shape index (κ3) is 2.78. The maximum atomic E-state index is 11.8. The number of aliphatic hydroxyl groups is 3. The third-order valence-electron chi connectivity index (χ3n) is 3.64. The van der Waals surface area contributed by atoms with E-state index in [2.05, 4.69) is 19.9 Å². The second kappa shape index (κ2) is 6.28. The molecule has 2 aromatic rings. The summed E-state index contributed by atoms with van der Waals surface area (Å²) in [7, 11) is 3.54. The Bertz CT molecular complexity index is 815. The Morgan fingerprint density at radius 1 is 1.46 bits per heavy atom. The van der Waals surface area contributed by atoms with Crippen molar-refractivity contribution in [1.29, 1.82) is 0 Å². The van der Waals surface area contributed by atoms with Crippen LogP contribution in [0.5, 0.6) is 0 Å². The number of H-pyrrole nitrogens is 1. The summed E-state index contributed by atoms with van der Waals surface area (Å²) >= 11 is 0. The van der Waals surface area contributed by atoms with Gasteiger partial charge in [-0.15, -0.1) is 0 Å². The summed E-state index contributed by atoms with van der Waals surface area (Å²) in [6.07, 6.45) is -1.65. The molecular formula is C13H18N6O5. The van der Waals surface area contributed by atoms with Gasteiger partial charge in [0.05, 0.1) is 19.3 Å². The minimum Gasteiger partial charge on any atom is -0.394 e. The number of rotatable bonds is 4. The van der Waals surface area contributed by atoms with E-state index in [1.54, 1.807) is 19.0 Å². The molecule has 11 heteroatoms. The quantitative estimate of drug-likeness (QED) is 0.368. The molecule has 3 heterocycles. The Kier molecular flexibility index (Phi) is 4.32. The van der Waals surface area contributed by atoms with Crippen LogP contribution < -0.4 is 5.69 Å². The number of ether oxygens (including phenoxy) is 1. The lowest BCUT2D eigenvalue weighted by Gasteiger charge is -2.16. The van der Waals surface area contributed by atoms with Gasteiger partial charge in [-0.2, -0.15) is 4.98 Å². The highest BCUT2D eigenvalue weighted by molar-refractivity contribution is 5.82. The molecule has 1 fully saturated rings. The molecule has 0 spiro atoms. The van der Waals surface area contributed by atoms with Gasteiger partial charge in [0, 0.05) is 14.1 Å². The van der Waals surface area contributed by atoms with Crippen LogP contribution in [0.4, 0.5) is 5.82 Å². The molecule has 1 saturated heterocycles. The van der Waals surface area contributed by atoms with E-state index >= 15 is 0 Å². The number of aliphatic hydroxyl groups excluding tert-OH is 3. The van der Waals surface area contributed by atoms with Crippen LogP contribution in [0.1, 0.15) is 6.23 Å². The van der Waals surface area contributed by atoms with E-state index < -0.39 is 36.8 Å². The van der Waals surface area contributed by atoms with Crippen molar-refractivity contribution in [1.82, 2.24) is 24.4 Å². The number of imidazole rings is 1. The molecule has 1 aliphatic heterocycles. The Hall–Kier alpha value is -2.34. The Morgan fingerprint density at radius 3 is 2.83 bits per heavy atom. The number of hydrogen-bond donors (Lipinski definition) is 4. The minimum atomic E-state index is -1.29. The number of fused-ring (bicyclic) bond motifs is 1. The molecule has 1 aliphatic rings. The number of nitrogens with one attached hydrogen (secondary N) is 1. The predicted molar refractivity (Wildman–Crippen MR) is 83.0 cm³/mol. The molecule has 0 amide bonds. The fourth-order valence-electron chi connectivity index (χ4n) is 2.49. The summed E-state index contributed by atoms with van der Waals surface area (Å²) in [5, 5.41) is 29.2. The summed E-state index contributed by atoms with van der Waals surface area (Å²) < 4.78 is 6.82. The molecule has 4 atom stereocenters. The molecular weight excluding hydrogens is 320 g/mol. The second-order valence-corrected chi connectivity index (χ2v) is 5.65. The van der Waals surface area contributed by atoms with E-state index in [0.29, 0.717) is 5.52 Å². The smallest absolute Gasteiger partial charge is 0.348 e. The van der Waals surface area contributed by atoms with Crippen LogP contribution in [-0.4, -0.2) is 85.1 Å². The average Bonchev–Trinajstić information content (AvgIpc) is 3.07. The predicted octanol–water partition coefficient (Wildman–Crippen LogP) is -2.05. The van der Waals surface area contributed by atoms with Crippen molar-refractivity contribution in [2.24, 2.45) is 4.99 Å². The van der Waals surface area contributed by atoms with E-state index in [1.807, 2.05) is 0 Å². The van der Waals surface area contributed by atoms with Gasteiger partial charge in [-0.25, -0.2) is 14.8 Å². The lowest BCUT2D eigenvalue weighted by Crippen LogP contribution is -2.33. The van der Waals surface area contributed by atoms with Crippen LogP contribution in [0, 0.1) is 0 Å². The fourth-order valence-corrected chi connectivity index (χ4v) is 2.49. The van der Waals surface area contributed by atoms with Gasteiger partial charge in [0.2, 0.25) is 0 Å². The minimum absolute atomic E-state index is 0.118. The lowest BCUT2D eigenvalue weighted by atomic mass is 10.1. The summed E-state index contributed by atoms with van der Waals surface area (Å²) in [5.74, 6) is 0.118. The standard InChI is InChI=1S/C13H18N6O5/c1-18(2)4-15-10-7-11(17-13(23)16-10)19(5-14-7)12-9(22)8(21)6(3-20)24-12/h4-6,8-9,12,20-22H,3H2,1-2H3,(H,16,17,23)/b15-4+/t6-,8?,9?,12-/m1/s1. The normalized spacial score (nSPS) is 27.4. The second-order valence-electron chi connectivity index (χ2n) is 5.65. The molecule has 0 saturated carbocycles. The van der Waals surface area contributed by atoms with Crippen molar-refractivity contribution in [2.45, 2.75) is 24.5 Å². The molecule has 0 bridgehead atoms. The fraction of sp³-hybridized carbons (Fsp3) is 0.538. The zero-order valence-electron chi connectivity index (χ0n) is 13.1. The first-order valence-corrected chi connectivity index (χ1v) is 7.22. The van der Waals surface area contributed by atoms with Gasteiger partial charge < -0.3 is 25.0 Å². The summed E-state index contributed by atoms with van der Waals surface area (Å²) in [6.45, 7) is -0.447. The average molecular weight is 338 g/mol. The zero-order valence-corrected chi connectivity index (χ0v) is 13.1. The van der Waals surface area contributed by atoms with Gasteiger partial charge in [-0.05, 0) is 0 Å². The number of nitrogens with zero attached hydrogens (tertiary/aromatic N) is 5. The highest BCUT2D eigenvalue weighted by Crippen LogP contribution is 2.32. The van der Waals surface area contributed by atoms with Crippen molar-refractivity contribution < 1.29 is 20.1 Å². The van der Waals surface area contributed by atoms with Crippen molar-refractivity contribution in [3.8, 4) is 0 Å². The highest BCUT2D eigenvalue weighted by Gasteiger charge is 2.43. The molecule has 2 unspecified atom stereocenters. The molecule has 2 aromatic heterocycles. The van der Waals surface area contributed by atoms with E-state index in [0.717, 1.165) is 0 Å². The van der Waals surface area contributed by atoms with E-state index in [4.69, 9.17) is 4.74 Å². The number of aliphatic imine (C=N–C) groups is 1. The molecule has 3 rings (SSSR count). The van der Waals surface area contributed by atoms with E-state index in [1.165, 1.54) is 17.2 Å². The van der Waals surface area contributed by atoms with Gasteiger partial charge in [0.1, 0.15) is 24.0 Å². The van der Waals surface area contributed by atoms with Gasteiger partial charge in [-0.3, -0.25) is 9.55 Å². The van der Waals surface area contributed by atoms with Gasteiger partial charge >= 0.3 is 5.69 Å². The topological polar surface area (TPSA) is 149 Å². The zero-order chi connectivity index (χ0) is 17.4. The monoisotopic (exact) mass is 338 g/mol. The number of aromatic amines is 1. The largest absolute Gasteiger partial charge is 0.394 e. The van der Waals surface area contributed by atoms with Crippen LogP contribution in [0.15, 0.2) is 16.1 Å². The molecule has 130 valence electrons. The van der Waals surface area contributed by atoms with Crippen molar-refractivity contribution in [3.05, 3.63) is 16.8 Å². The summed E-state index contributed by atoms with van der Waals surface area (Å²) in [5.41, 5.74) is -0.0805. The third-order valence-corrected chi connectivity index (χ3v) is 3.64. The molecule has 24 heavy (non-hydrogen) atoms. The van der Waals surface area contributed by atoms with Gasteiger partial charge in [0.25, 0.3) is 0 Å². The first kappa shape index (κ1) is 16.5. The van der Waals surface area contributed by atoms with Gasteiger partial charge in [-0.1, -0.05) is 0 Å². The van der Waals surface area contributed by atoms with Crippen molar-refractivity contribution in [2.75, 3.05) is 20.7 Å². The van der Waals surface area contributed by atoms with E-state index in [9.17, 15) is 20.1 Å². The first-order chi connectivity index (χ1) is 11.4. The Morgan fingerprint density at radius 2 is 2.21 bits per heavy atom. The maximum Gasteiger partial charge on any atom is 0.348 e. The van der Waals surface area contributed by atoms with Crippen LogP contribution in [0.2, 0.25) is 0 Å². The summed E-state index contributed by atoms with van der Waals surface area (Å²) in [6, 6.07) is 0. The lowest BCUT2D eigenvalue weighted by molar-refractivity contribution is -0.0511. The first-order valence-electron chi connectivity index (χ1n) is 7.22. The number of aromatic nitrogens is 4. The van der Waals surface area contributed by atoms with Crippen LogP contribution in [0.3, 0.4) is 0 Å². The Labute approximate surface area is 135 Å². The molecule has 0 radical (unpaired) electrons. The Balaban J connectivity index is 2.07. The number of hydrogen-bond acceptors (Lipinski definition) is 8. The van der Waals surface area contributed by atoms with Crippen LogP contribution in [-0.2, 0) is 4.74 Å². The van der Waals surface area contributed by atoms with Crippen molar-refractivity contribution >= 4 is 23.3 Å². The van der Waals surface area contributed by atoms with Crippen LogP contribution >= 0.6 is 0 Å². The van der Waals surface area contributed by atoms with Crippen LogP contribution in [0.25, 0.3) is 11.2 Å². The summed E-state index contributed by atoms with van der Waals surface area (Å²) in [4.78, 5) is 28.0. The van der Waals surface area contributed by atoms with E-state index in [-0.39, 0.29) is 11.5 Å². The SMILES string of the molecule is CN(C)/C=N/c1nc(=O)[nH]c2c1ncn2[C@@H]1O[C@H](CO)C(O)C1O. The van der Waals surface area contributed by atoms with Gasteiger partial charge in [0.15, 0.2) is 17.6 Å². The molecule has 0 aliphatic carbocycles. The van der Waals surface area contributed by atoms with Crippen molar-refractivity contribution in [3.63, 3.8) is 0 Å². The maximum absolute atomic E-state index is 11.8. The molecule has 4 N–H and O–H groups in total. The highest BCUT2D eigenvalue weighted by atomic mass is 16.6. The molecule has 11 nitrogen and oxygen atoms in total.